The molecule has 0 aliphatic heterocycles. The van der Waals surface area contributed by atoms with Gasteiger partial charge in [0.15, 0.2) is 0 Å². The lowest BCUT2D eigenvalue weighted by atomic mass is 10.1. The fourth-order valence-corrected chi connectivity index (χ4v) is 1.97. The van der Waals surface area contributed by atoms with Gasteiger partial charge in [-0.1, -0.05) is 19.1 Å². The van der Waals surface area contributed by atoms with Gasteiger partial charge in [0, 0.05) is 20.0 Å². The maximum atomic E-state index is 13.0. The zero-order valence-electron chi connectivity index (χ0n) is 11.7. The molecule has 2 N–H and O–H groups in total. The Kier molecular flexibility index (Phi) is 6.50. The summed E-state index contributed by atoms with van der Waals surface area (Å²) in [5, 5.41) is 0. The van der Waals surface area contributed by atoms with Gasteiger partial charge >= 0.3 is 0 Å². The highest BCUT2D eigenvalue weighted by Gasteiger charge is 2.11. The summed E-state index contributed by atoms with van der Waals surface area (Å²) in [5.41, 5.74) is 6.47. The zero-order valence-corrected chi connectivity index (χ0v) is 11.7. The van der Waals surface area contributed by atoms with Crippen molar-refractivity contribution in [2.24, 2.45) is 11.7 Å². The molecule has 0 spiro atoms. The summed E-state index contributed by atoms with van der Waals surface area (Å²) in [6.07, 6.45) is 1.96. The molecule has 0 radical (unpaired) electrons. The molecule has 1 rings (SSSR count). The number of benzene rings is 1. The second kappa shape index (κ2) is 7.89. The Morgan fingerprint density at radius 2 is 2.21 bits per heavy atom. The molecular weight excluding hydrogens is 243 g/mol. The molecule has 4 heteroatoms. The van der Waals surface area contributed by atoms with E-state index in [0.717, 1.165) is 18.4 Å². The maximum Gasteiger partial charge on any atom is 0.222 e. The van der Waals surface area contributed by atoms with Crippen LogP contribution < -0.4 is 5.73 Å². The van der Waals surface area contributed by atoms with Crippen LogP contribution in [0.4, 0.5) is 4.39 Å². The molecule has 1 atom stereocenters. The average molecular weight is 266 g/mol. The van der Waals surface area contributed by atoms with E-state index in [1.165, 1.54) is 12.1 Å². The van der Waals surface area contributed by atoms with Crippen molar-refractivity contribution in [1.82, 2.24) is 4.90 Å². The molecule has 0 bridgehead atoms. The maximum absolute atomic E-state index is 13.0. The summed E-state index contributed by atoms with van der Waals surface area (Å²) >= 11 is 0. The fraction of sp³-hybridized carbons (Fsp3) is 0.533. The van der Waals surface area contributed by atoms with Crippen molar-refractivity contribution < 1.29 is 9.18 Å². The number of rotatable bonds is 7. The number of nitrogens with two attached hydrogens (primary N) is 1. The van der Waals surface area contributed by atoms with Crippen molar-refractivity contribution in [2.45, 2.75) is 26.2 Å². The van der Waals surface area contributed by atoms with Crippen molar-refractivity contribution in [3.05, 3.63) is 35.6 Å². The molecule has 0 saturated heterocycles. The number of halogens is 1. The molecule has 0 fully saturated rings. The van der Waals surface area contributed by atoms with Crippen LogP contribution in [0.2, 0.25) is 0 Å². The number of aryl methyl sites for hydroxylation is 1. The fourth-order valence-electron chi connectivity index (χ4n) is 1.97. The van der Waals surface area contributed by atoms with E-state index in [9.17, 15) is 9.18 Å². The van der Waals surface area contributed by atoms with Crippen molar-refractivity contribution >= 4 is 5.91 Å². The molecular formula is C15H23FN2O. The molecule has 0 aromatic heterocycles. The van der Waals surface area contributed by atoms with Gasteiger partial charge in [-0.3, -0.25) is 4.79 Å². The van der Waals surface area contributed by atoms with E-state index in [-0.39, 0.29) is 11.7 Å². The smallest absolute Gasteiger partial charge is 0.222 e. The Balaban J connectivity index is 2.30. The molecule has 0 aliphatic carbocycles. The van der Waals surface area contributed by atoms with Gasteiger partial charge in [-0.15, -0.1) is 0 Å². The molecule has 0 heterocycles. The van der Waals surface area contributed by atoms with E-state index in [1.807, 2.05) is 13.0 Å². The number of hydrogen-bond donors (Lipinski definition) is 1. The monoisotopic (exact) mass is 266 g/mol. The average Bonchev–Trinajstić information content (AvgIpc) is 2.38. The Hall–Kier alpha value is -1.42. The predicted molar refractivity (Wildman–Crippen MR) is 75.2 cm³/mol. The quantitative estimate of drug-likeness (QED) is 0.822. The first-order valence-electron chi connectivity index (χ1n) is 6.71. The van der Waals surface area contributed by atoms with Crippen LogP contribution in [-0.2, 0) is 11.2 Å². The molecule has 0 aliphatic rings. The van der Waals surface area contributed by atoms with Gasteiger partial charge in [0.2, 0.25) is 5.91 Å². The Morgan fingerprint density at radius 1 is 1.47 bits per heavy atom. The number of nitrogens with zero attached hydrogens (tertiary/aromatic N) is 1. The third-order valence-electron chi connectivity index (χ3n) is 3.16. The van der Waals surface area contributed by atoms with Gasteiger partial charge in [-0.2, -0.15) is 0 Å². The SMILES string of the molecule is CC(CN)CN(C)C(=O)CCCc1cccc(F)c1. The van der Waals surface area contributed by atoms with E-state index < -0.39 is 0 Å². The van der Waals surface area contributed by atoms with Crippen molar-refractivity contribution in [1.29, 1.82) is 0 Å². The highest BCUT2D eigenvalue weighted by molar-refractivity contribution is 5.75. The third kappa shape index (κ3) is 5.83. The molecule has 1 aromatic rings. The van der Waals surface area contributed by atoms with Gasteiger partial charge < -0.3 is 10.6 Å². The first kappa shape index (κ1) is 15.6. The van der Waals surface area contributed by atoms with E-state index in [1.54, 1.807) is 18.0 Å². The normalized spacial score (nSPS) is 12.2. The molecule has 3 nitrogen and oxygen atoms in total. The van der Waals surface area contributed by atoms with E-state index >= 15 is 0 Å². The molecule has 1 amide bonds. The number of amides is 1. The topological polar surface area (TPSA) is 46.3 Å². The number of hydrogen-bond acceptors (Lipinski definition) is 2. The second-order valence-corrected chi connectivity index (χ2v) is 5.10. The highest BCUT2D eigenvalue weighted by atomic mass is 19.1. The van der Waals surface area contributed by atoms with Crippen LogP contribution >= 0.6 is 0 Å². The van der Waals surface area contributed by atoms with Crippen LogP contribution in [0.1, 0.15) is 25.3 Å². The summed E-state index contributed by atoms with van der Waals surface area (Å²) in [7, 11) is 1.80. The van der Waals surface area contributed by atoms with Crippen molar-refractivity contribution in [3.8, 4) is 0 Å². The van der Waals surface area contributed by atoms with Gasteiger partial charge in [0.25, 0.3) is 0 Å². The zero-order chi connectivity index (χ0) is 14.3. The number of carbonyl (C=O) groups excluding carboxylic acids is 1. The van der Waals surface area contributed by atoms with Gasteiger partial charge in [-0.25, -0.2) is 4.39 Å². The van der Waals surface area contributed by atoms with Crippen LogP contribution in [0.5, 0.6) is 0 Å². The van der Waals surface area contributed by atoms with Crippen LogP contribution in [0, 0.1) is 11.7 Å². The molecule has 1 unspecified atom stereocenters. The van der Waals surface area contributed by atoms with Crippen LogP contribution in [0.15, 0.2) is 24.3 Å². The van der Waals surface area contributed by atoms with Gasteiger partial charge in [-0.05, 0) is 43.0 Å². The van der Waals surface area contributed by atoms with Gasteiger partial charge in [0.1, 0.15) is 5.82 Å². The Morgan fingerprint density at radius 3 is 2.84 bits per heavy atom. The van der Waals surface area contributed by atoms with Crippen molar-refractivity contribution in [2.75, 3.05) is 20.1 Å². The summed E-state index contributed by atoms with van der Waals surface area (Å²) in [5.74, 6) is 0.214. The summed E-state index contributed by atoms with van der Waals surface area (Å²) in [6.45, 7) is 3.30. The third-order valence-corrected chi connectivity index (χ3v) is 3.16. The number of carbonyl (C=O) groups is 1. The van der Waals surface area contributed by atoms with E-state index in [4.69, 9.17) is 5.73 Å². The lowest BCUT2D eigenvalue weighted by Gasteiger charge is -2.20. The van der Waals surface area contributed by atoms with Crippen LogP contribution in [-0.4, -0.2) is 30.9 Å². The lowest BCUT2D eigenvalue weighted by Crippen LogP contribution is -2.33. The Labute approximate surface area is 114 Å². The minimum Gasteiger partial charge on any atom is -0.345 e. The minimum atomic E-state index is -0.224. The summed E-state index contributed by atoms with van der Waals surface area (Å²) in [4.78, 5) is 13.6. The molecule has 106 valence electrons. The Bertz CT molecular complexity index is 409. The second-order valence-electron chi connectivity index (χ2n) is 5.10. The molecule has 0 saturated carbocycles. The summed E-state index contributed by atoms with van der Waals surface area (Å²) < 4.78 is 13.0. The van der Waals surface area contributed by atoms with Crippen molar-refractivity contribution in [3.63, 3.8) is 0 Å². The van der Waals surface area contributed by atoms with Crippen LogP contribution in [0.3, 0.4) is 0 Å². The molecule has 19 heavy (non-hydrogen) atoms. The predicted octanol–water partition coefficient (Wildman–Crippen LogP) is 2.20. The van der Waals surface area contributed by atoms with Crippen LogP contribution in [0.25, 0.3) is 0 Å². The van der Waals surface area contributed by atoms with E-state index in [0.29, 0.717) is 25.4 Å². The molecule has 1 aromatic carbocycles. The summed E-state index contributed by atoms with van der Waals surface area (Å²) in [6, 6.07) is 6.52. The van der Waals surface area contributed by atoms with Gasteiger partial charge in [0.05, 0.1) is 0 Å². The highest BCUT2D eigenvalue weighted by Crippen LogP contribution is 2.09. The standard InChI is InChI=1S/C15H23FN2O/c1-12(10-17)11-18(2)15(19)8-4-6-13-5-3-7-14(16)9-13/h3,5,7,9,12H,4,6,8,10-11,17H2,1-2H3. The lowest BCUT2D eigenvalue weighted by molar-refractivity contribution is -0.130. The minimum absolute atomic E-state index is 0.122. The first-order valence-corrected chi connectivity index (χ1v) is 6.71. The first-order chi connectivity index (χ1) is 9.02. The van der Waals surface area contributed by atoms with E-state index in [2.05, 4.69) is 0 Å². The largest absolute Gasteiger partial charge is 0.345 e.